The van der Waals surface area contributed by atoms with Gasteiger partial charge in [-0.2, -0.15) is 0 Å². The number of nitrogens with one attached hydrogen (secondary N) is 1. The first-order valence-corrected chi connectivity index (χ1v) is 6.67. The highest BCUT2D eigenvalue weighted by Gasteiger charge is 2.05. The van der Waals surface area contributed by atoms with Gasteiger partial charge in [-0.25, -0.2) is 4.98 Å². The molecule has 102 valence electrons. The summed E-state index contributed by atoms with van der Waals surface area (Å²) < 4.78 is 10.8. The molecule has 1 aromatic heterocycles. The average molecular weight is 252 g/mol. The summed E-state index contributed by atoms with van der Waals surface area (Å²) >= 11 is 0. The topological polar surface area (TPSA) is 43.4 Å². The van der Waals surface area contributed by atoms with Gasteiger partial charge in [0.1, 0.15) is 6.61 Å². The van der Waals surface area contributed by atoms with Crippen molar-refractivity contribution >= 4 is 0 Å². The zero-order valence-electron chi connectivity index (χ0n) is 11.6. The van der Waals surface area contributed by atoms with E-state index in [1.807, 2.05) is 19.1 Å². The summed E-state index contributed by atoms with van der Waals surface area (Å²) in [6.45, 7) is 9.16. The Balaban J connectivity index is 2.45. The number of aromatic nitrogens is 1. The maximum Gasteiger partial charge on any atom is 0.213 e. The molecule has 0 aromatic carbocycles. The van der Waals surface area contributed by atoms with Gasteiger partial charge in [-0.1, -0.05) is 6.92 Å². The molecular formula is C14H24N2O2. The molecule has 0 amide bonds. The highest BCUT2D eigenvalue weighted by molar-refractivity contribution is 5.23. The normalized spacial score (nSPS) is 12.4. The quantitative estimate of drug-likeness (QED) is 0.686. The minimum atomic E-state index is 0.321. The Morgan fingerprint density at radius 3 is 2.89 bits per heavy atom. The fourth-order valence-corrected chi connectivity index (χ4v) is 1.60. The van der Waals surface area contributed by atoms with Crippen LogP contribution in [0.1, 0.15) is 38.8 Å². The van der Waals surface area contributed by atoms with Gasteiger partial charge < -0.3 is 14.8 Å². The standard InChI is InChI=1S/C14H24N2O2/c1-4-7-15-12(3)13-6-8-16-14(11-13)18-10-9-17-5-2/h6,8,11-12,15H,4-5,7,9-10H2,1-3H3. The third kappa shape index (κ3) is 5.47. The summed E-state index contributed by atoms with van der Waals surface area (Å²) in [5.41, 5.74) is 1.20. The molecule has 0 saturated carbocycles. The second-order valence-corrected chi connectivity index (χ2v) is 4.15. The Bertz CT molecular complexity index is 331. The Labute approximate surface area is 110 Å². The summed E-state index contributed by atoms with van der Waals surface area (Å²) in [4.78, 5) is 4.19. The summed E-state index contributed by atoms with van der Waals surface area (Å²) in [6, 6.07) is 4.32. The van der Waals surface area contributed by atoms with E-state index in [2.05, 4.69) is 24.1 Å². The molecule has 0 fully saturated rings. The van der Waals surface area contributed by atoms with E-state index in [-0.39, 0.29) is 0 Å². The van der Waals surface area contributed by atoms with Crippen LogP contribution < -0.4 is 10.1 Å². The van der Waals surface area contributed by atoms with Gasteiger partial charge in [-0.05, 0) is 38.4 Å². The summed E-state index contributed by atoms with van der Waals surface area (Å²) in [5.74, 6) is 0.664. The van der Waals surface area contributed by atoms with Gasteiger partial charge in [0.25, 0.3) is 0 Å². The summed E-state index contributed by atoms with van der Waals surface area (Å²) in [7, 11) is 0. The highest BCUT2D eigenvalue weighted by Crippen LogP contribution is 2.16. The van der Waals surface area contributed by atoms with Crippen molar-refractivity contribution in [3.05, 3.63) is 23.9 Å². The third-order valence-electron chi connectivity index (χ3n) is 2.64. The maximum absolute atomic E-state index is 5.54. The van der Waals surface area contributed by atoms with E-state index in [4.69, 9.17) is 9.47 Å². The number of hydrogen-bond acceptors (Lipinski definition) is 4. The number of hydrogen-bond donors (Lipinski definition) is 1. The van der Waals surface area contributed by atoms with Crippen molar-refractivity contribution in [3.8, 4) is 5.88 Å². The Morgan fingerprint density at radius 2 is 2.17 bits per heavy atom. The van der Waals surface area contributed by atoms with E-state index in [0.29, 0.717) is 25.1 Å². The van der Waals surface area contributed by atoms with Gasteiger partial charge in [-0.15, -0.1) is 0 Å². The average Bonchev–Trinajstić information content (AvgIpc) is 2.41. The van der Waals surface area contributed by atoms with Crippen LogP contribution in [0.15, 0.2) is 18.3 Å². The van der Waals surface area contributed by atoms with E-state index in [0.717, 1.165) is 19.6 Å². The first kappa shape index (κ1) is 14.9. The molecule has 1 unspecified atom stereocenters. The van der Waals surface area contributed by atoms with Crippen LogP contribution in [0.4, 0.5) is 0 Å². The minimum Gasteiger partial charge on any atom is -0.475 e. The van der Waals surface area contributed by atoms with Crippen molar-refractivity contribution in [2.75, 3.05) is 26.4 Å². The molecule has 1 heterocycles. The molecule has 1 aromatic rings. The van der Waals surface area contributed by atoms with Crippen LogP contribution in [0.3, 0.4) is 0 Å². The van der Waals surface area contributed by atoms with Crippen molar-refractivity contribution < 1.29 is 9.47 Å². The van der Waals surface area contributed by atoms with Crippen LogP contribution >= 0.6 is 0 Å². The van der Waals surface area contributed by atoms with E-state index < -0.39 is 0 Å². The van der Waals surface area contributed by atoms with Crippen LogP contribution in [0, 0.1) is 0 Å². The largest absolute Gasteiger partial charge is 0.475 e. The molecule has 1 atom stereocenters. The fourth-order valence-electron chi connectivity index (χ4n) is 1.60. The summed E-state index contributed by atoms with van der Waals surface area (Å²) in [6.07, 6.45) is 2.92. The van der Waals surface area contributed by atoms with Gasteiger partial charge in [0.2, 0.25) is 5.88 Å². The molecule has 18 heavy (non-hydrogen) atoms. The smallest absolute Gasteiger partial charge is 0.213 e. The first-order valence-electron chi connectivity index (χ1n) is 6.67. The van der Waals surface area contributed by atoms with E-state index >= 15 is 0 Å². The molecule has 1 rings (SSSR count). The van der Waals surface area contributed by atoms with E-state index in [1.54, 1.807) is 6.20 Å². The molecular weight excluding hydrogens is 228 g/mol. The molecule has 1 N–H and O–H groups in total. The molecule has 0 bridgehead atoms. The first-order chi connectivity index (χ1) is 8.77. The predicted octanol–water partition coefficient (Wildman–Crippen LogP) is 2.56. The lowest BCUT2D eigenvalue weighted by molar-refractivity contribution is 0.108. The SMILES string of the molecule is CCCNC(C)c1ccnc(OCCOCC)c1. The maximum atomic E-state index is 5.54. The summed E-state index contributed by atoms with van der Waals surface area (Å²) in [5, 5.41) is 3.44. The van der Waals surface area contributed by atoms with Crippen LogP contribution in [0.25, 0.3) is 0 Å². The van der Waals surface area contributed by atoms with Gasteiger partial charge in [0, 0.05) is 24.9 Å². The molecule has 4 heteroatoms. The zero-order valence-corrected chi connectivity index (χ0v) is 11.6. The lowest BCUT2D eigenvalue weighted by Crippen LogP contribution is -2.19. The van der Waals surface area contributed by atoms with Gasteiger partial charge in [0.15, 0.2) is 0 Å². The van der Waals surface area contributed by atoms with Crippen molar-refractivity contribution in [2.45, 2.75) is 33.2 Å². The Morgan fingerprint density at radius 1 is 1.33 bits per heavy atom. The van der Waals surface area contributed by atoms with Crippen molar-refractivity contribution in [1.82, 2.24) is 10.3 Å². The number of pyridine rings is 1. The van der Waals surface area contributed by atoms with Crippen LogP contribution in [0.2, 0.25) is 0 Å². The van der Waals surface area contributed by atoms with Gasteiger partial charge in [-0.3, -0.25) is 0 Å². The second-order valence-electron chi connectivity index (χ2n) is 4.15. The number of rotatable bonds is 9. The minimum absolute atomic E-state index is 0.321. The lowest BCUT2D eigenvalue weighted by atomic mass is 10.1. The molecule has 0 radical (unpaired) electrons. The zero-order chi connectivity index (χ0) is 13.2. The predicted molar refractivity (Wildman–Crippen MR) is 72.9 cm³/mol. The van der Waals surface area contributed by atoms with Crippen LogP contribution in [-0.4, -0.2) is 31.3 Å². The molecule has 0 spiro atoms. The Hall–Kier alpha value is -1.13. The van der Waals surface area contributed by atoms with Crippen LogP contribution in [0.5, 0.6) is 5.88 Å². The fraction of sp³-hybridized carbons (Fsp3) is 0.643. The van der Waals surface area contributed by atoms with Crippen molar-refractivity contribution in [1.29, 1.82) is 0 Å². The molecule has 0 saturated heterocycles. The second kappa shape index (κ2) is 8.89. The molecule has 0 aliphatic carbocycles. The number of nitrogens with zero attached hydrogens (tertiary/aromatic N) is 1. The van der Waals surface area contributed by atoms with E-state index in [1.165, 1.54) is 5.56 Å². The number of ether oxygens (including phenoxy) is 2. The van der Waals surface area contributed by atoms with Crippen LogP contribution in [-0.2, 0) is 4.74 Å². The lowest BCUT2D eigenvalue weighted by Gasteiger charge is -2.14. The van der Waals surface area contributed by atoms with Gasteiger partial charge in [0.05, 0.1) is 6.61 Å². The van der Waals surface area contributed by atoms with E-state index in [9.17, 15) is 0 Å². The molecule has 4 nitrogen and oxygen atoms in total. The van der Waals surface area contributed by atoms with Crippen molar-refractivity contribution in [3.63, 3.8) is 0 Å². The monoisotopic (exact) mass is 252 g/mol. The molecule has 0 aliphatic heterocycles. The van der Waals surface area contributed by atoms with Crippen molar-refractivity contribution in [2.24, 2.45) is 0 Å². The third-order valence-corrected chi connectivity index (χ3v) is 2.64. The highest BCUT2D eigenvalue weighted by atomic mass is 16.5. The Kier molecular flexibility index (Phi) is 7.37. The molecule has 0 aliphatic rings. The van der Waals surface area contributed by atoms with Gasteiger partial charge >= 0.3 is 0 Å².